The molecule has 1 N–H and O–H groups in total. The fourth-order valence-electron chi connectivity index (χ4n) is 4.56. The average Bonchev–Trinajstić information content (AvgIpc) is 2.83. The fourth-order valence-corrected chi connectivity index (χ4v) is 4.56. The van der Waals surface area contributed by atoms with Gasteiger partial charge in [0.05, 0.1) is 24.2 Å². The number of likely N-dealkylation sites (tertiary alicyclic amines) is 1. The summed E-state index contributed by atoms with van der Waals surface area (Å²) in [6.45, 7) is 6.24. The van der Waals surface area contributed by atoms with Gasteiger partial charge in [-0.1, -0.05) is 24.3 Å². The highest BCUT2D eigenvalue weighted by Gasteiger charge is 2.37. The summed E-state index contributed by atoms with van der Waals surface area (Å²) in [4.78, 5) is 38.8. The van der Waals surface area contributed by atoms with E-state index in [4.69, 9.17) is 14.2 Å². The van der Waals surface area contributed by atoms with E-state index in [1.54, 1.807) is 36.4 Å². The summed E-state index contributed by atoms with van der Waals surface area (Å²) < 4.78 is 17.1. The fraction of sp³-hybridized carbons (Fsp3) is 0.444. The smallest absolute Gasteiger partial charge is 0.308 e. The molecule has 0 radical (unpaired) electrons. The molecule has 4 rings (SSSR count). The minimum Gasteiger partial charge on any atom is -0.461 e. The van der Waals surface area contributed by atoms with Gasteiger partial charge in [-0.15, -0.1) is 0 Å². The van der Waals surface area contributed by atoms with Gasteiger partial charge in [-0.05, 0) is 43.5 Å². The Morgan fingerprint density at radius 3 is 2.60 bits per heavy atom. The number of hydrogen-bond acceptors (Lipinski definition) is 7. The molecule has 2 aliphatic heterocycles. The Bertz CT molecular complexity index is 1080. The van der Waals surface area contributed by atoms with Gasteiger partial charge >= 0.3 is 5.97 Å². The van der Waals surface area contributed by atoms with Crippen LogP contribution in [0.2, 0.25) is 0 Å². The van der Waals surface area contributed by atoms with Crippen LogP contribution in [0.25, 0.3) is 0 Å². The first-order valence-electron chi connectivity index (χ1n) is 12.1. The van der Waals surface area contributed by atoms with Crippen molar-refractivity contribution in [1.82, 2.24) is 10.2 Å². The van der Waals surface area contributed by atoms with Crippen molar-refractivity contribution in [2.24, 2.45) is 0 Å². The monoisotopic (exact) mass is 480 g/mol. The minimum absolute atomic E-state index is 0.0361. The molecule has 0 bridgehead atoms. The summed E-state index contributed by atoms with van der Waals surface area (Å²) in [6, 6.07) is 14.1. The third kappa shape index (κ3) is 6.46. The van der Waals surface area contributed by atoms with E-state index in [9.17, 15) is 14.4 Å². The Morgan fingerprint density at radius 1 is 1.11 bits per heavy atom. The SMILES string of the molecule is CC(=O)Oc1ccccc1C(=O)NC1CCN(CCCOC2(C)CC(=O)c3ccccc3O2)CC1. The van der Waals surface area contributed by atoms with Crippen molar-refractivity contribution in [2.75, 3.05) is 26.2 Å². The maximum absolute atomic E-state index is 12.7. The van der Waals surface area contributed by atoms with E-state index in [0.717, 1.165) is 38.9 Å². The second-order valence-corrected chi connectivity index (χ2v) is 9.21. The molecule has 2 aliphatic rings. The molecule has 2 aromatic carbocycles. The summed E-state index contributed by atoms with van der Waals surface area (Å²) >= 11 is 0. The van der Waals surface area contributed by atoms with Gasteiger partial charge in [0, 0.05) is 39.5 Å². The molecule has 186 valence electrons. The van der Waals surface area contributed by atoms with Gasteiger partial charge < -0.3 is 24.4 Å². The van der Waals surface area contributed by atoms with Gasteiger partial charge in [0.2, 0.25) is 5.79 Å². The maximum Gasteiger partial charge on any atom is 0.308 e. The first kappa shape index (κ1) is 24.9. The van der Waals surface area contributed by atoms with Crippen LogP contribution in [0.3, 0.4) is 0 Å². The molecule has 1 atom stereocenters. The second kappa shape index (κ2) is 11.0. The highest BCUT2D eigenvalue weighted by atomic mass is 16.7. The molecule has 0 aromatic heterocycles. The van der Waals surface area contributed by atoms with E-state index in [0.29, 0.717) is 23.5 Å². The molecule has 2 heterocycles. The zero-order valence-electron chi connectivity index (χ0n) is 20.2. The second-order valence-electron chi connectivity index (χ2n) is 9.21. The number of carbonyl (C=O) groups is 3. The number of nitrogens with zero attached hydrogens (tertiary/aromatic N) is 1. The van der Waals surface area contributed by atoms with Gasteiger partial charge in [-0.2, -0.15) is 0 Å². The summed E-state index contributed by atoms with van der Waals surface area (Å²) in [5, 5.41) is 3.07. The average molecular weight is 481 g/mol. The van der Waals surface area contributed by atoms with E-state index >= 15 is 0 Å². The zero-order chi connectivity index (χ0) is 24.8. The number of amides is 1. The number of fused-ring (bicyclic) bond motifs is 1. The Labute approximate surface area is 205 Å². The highest BCUT2D eigenvalue weighted by Crippen LogP contribution is 2.33. The molecule has 1 unspecified atom stereocenters. The first-order valence-corrected chi connectivity index (χ1v) is 12.1. The lowest BCUT2D eigenvalue weighted by molar-refractivity contribution is -0.171. The van der Waals surface area contributed by atoms with E-state index in [-0.39, 0.29) is 29.9 Å². The lowest BCUT2D eigenvalue weighted by Crippen LogP contribution is -2.45. The number of para-hydroxylation sites is 2. The Balaban J connectivity index is 1.18. The normalized spacial score (nSPS) is 20.6. The molecule has 35 heavy (non-hydrogen) atoms. The number of Topliss-reactive ketones (excluding diaryl/α,β-unsaturated/α-hetero) is 1. The lowest BCUT2D eigenvalue weighted by atomic mass is 9.99. The van der Waals surface area contributed by atoms with Crippen molar-refractivity contribution < 1.29 is 28.6 Å². The van der Waals surface area contributed by atoms with Crippen LogP contribution in [-0.4, -0.2) is 60.6 Å². The number of piperidine rings is 1. The molecular weight excluding hydrogens is 448 g/mol. The third-order valence-electron chi connectivity index (χ3n) is 6.33. The molecule has 2 aromatic rings. The van der Waals surface area contributed by atoms with Crippen LogP contribution in [0.4, 0.5) is 0 Å². The number of ether oxygens (including phenoxy) is 3. The molecule has 0 spiro atoms. The van der Waals surface area contributed by atoms with Gasteiger partial charge in [-0.3, -0.25) is 14.4 Å². The van der Waals surface area contributed by atoms with Crippen molar-refractivity contribution in [2.45, 2.75) is 51.4 Å². The highest BCUT2D eigenvalue weighted by molar-refractivity contribution is 6.00. The van der Waals surface area contributed by atoms with Crippen LogP contribution in [0.15, 0.2) is 48.5 Å². The van der Waals surface area contributed by atoms with Crippen molar-refractivity contribution in [3.63, 3.8) is 0 Å². The zero-order valence-corrected chi connectivity index (χ0v) is 20.2. The lowest BCUT2D eigenvalue weighted by Gasteiger charge is -2.35. The largest absolute Gasteiger partial charge is 0.461 e. The molecule has 8 heteroatoms. The number of nitrogens with one attached hydrogen (secondary N) is 1. The third-order valence-corrected chi connectivity index (χ3v) is 6.33. The first-order chi connectivity index (χ1) is 16.8. The summed E-state index contributed by atoms with van der Waals surface area (Å²) in [6.07, 6.45) is 2.71. The van der Waals surface area contributed by atoms with Crippen LogP contribution in [0, 0.1) is 0 Å². The number of carbonyl (C=O) groups excluding carboxylic acids is 3. The Kier molecular flexibility index (Phi) is 7.83. The van der Waals surface area contributed by atoms with E-state index in [1.807, 2.05) is 19.1 Å². The topological polar surface area (TPSA) is 94.2 Å². The van der Waals surface area contributed by atoms with E-state index in [1.165, 1.54) is 6.92 Å². The van der Waals surface area contributed by atoms with Crippen LogP contribution in [0.5, 0.6) is 11.5 Å². The van der Waals surface area contributed by atoms with Crippen molar-refractivity contribution in [1.29, 1.82) is 0 Å². The van der Waals surface area contributed by atoms with Gasteiger partial charge in [-0.25, -0.2) is 0 Å². The quantitative estimate of drug-likeness (QED) is 0.351. The van der Waals surface area contributed by atoms with Gasteiger partial charge in [0.15, 0.2) is 5.78 Å². The van der Waals surface area contributed by atoms with E-state index in [2.05, 4.69) is 10.2 Å². The summed E-state index contributed by atoms with van der Waals surface area (Å²) in [5.74, 6) is -0.741. The van der Waals surface area contributed by atoms with Crippen LogP contribution in [-0.2, 0) is 9.53 Å². The van der Waals surface area contributed by atoms with Gasteiger partial charge in [0.1, 0.15) is 11.5 Å². The molecular formula is C27H32N2O6. The molecule has 1 fully saturated rings. The van der Waals surface area contributed by atoms with Crippen molar-refractivity contribution in [3.8, 4) is 11.5 Å². The van der Waals surface area contributed by atoms with Crippen molar-refractivity contribution >= 4 is 17.7 Å². The van der Waals surface area contributed by atoms with Crippen LogP contribution in [0.1, 0.15) is 60.2 Å². The van der Waals surface area contributed by atoms with Gasteiger partial charge in [0.25, 0.3) is 5.91 Å². The van der Waals surface area contributed by atoms with Crippen LogP contribution < -0.4 is 14.8 Å². The molecule has 8 nitrogen and oxygen atoms in total. The number of benzene rings is 2. The number of hydrogen-bond donors (Lipinski definition) is 1. The summed E-state index contributed by atoms with van der Waals surface area (Å²) in [5.41, 5.74) is 0.972. The molecule has 1 saturated heterocycles. The number of ketones is 1. The van der Waals surface area contributed by atoms with E-state index < -0.39 is 11.8 Å². The molecule has 0 saturated carbocycles. The predicted octanol–water partition coefficient (Wildman–Crippen LogP) is 3.59. The summed E-state index contributed by atoms with van der Waals surface area (Å²) in [7, 11) is 0. The molecule has 0 aliphatic carbocycles. The standard InChI is InChI=1S/C27H32N2O6/c1-19(30)34-24-10-5-4-9-22(24)26(32)28-20-12-15-29(16-13-20)14-7-17-33-27(2)18-23(31)21-8-3-6-11-25(21)35-27/h3-6,8-11,20H,7,12-18H2,1-2H3,(H,28,32). The number of esters is 1. The number of rotatable bonds is 8. The van der Waals surface area contributed by atoms with Crippen molar-refractivity contribution in [3.05, 3.63) is 59.7 Å². The van der Waals surface area contributed by atoms with Crippen LogP contribution >= 0.6 is 0 Å². The Hall–Kier alpha value is -3.23. The predicted molar refractivity (Wildman–Crippen MR) is 130 cm³/mol. The molecule has 1 amide bonds. The minimum atomic E-state index is -0.939. The Morgan fingerprint density at radius 2 is 1.83 bits per heavy atom. The maximum atomic E-state index is 12.7.